The van der Waals surface area contributed by atoms with E-state index in [0.29, 0.717) is 28.4 Å². The van der Waals surface area contributed by atoms with E-state index in [9.17, 15) is 5.11 Å². The van der Waals surface area contributed by atoms with Crippen LogP contribution in [0.25, 0.3) is 27.7 Å². The van der Waals surface area contributed by atoms with Crippen LogP contribution in [0.1, 0.15) is 18.4 Å². The Kier molecular flexibility index (Phi) is 5.62. The first-order valence-electron chi connectivity index (χ1n) is 12.0. The van der Waals surface area contributed by atoms with Gasteiger partial charge in [0.1, 0.15) is 19.4 Å². The molecule has 1 fully saturated rings. The van der Waals surface area contributed by atoms with Gasteiger partial charge < -0.3 is 10.4 Å². The van der Waals surface area contributed by atoms with Gasteiger partial charge in [0, 0.05) is 43.5 Å². The summed E-state index contributed by atoms with van der Waals surface area (Å²) < 4.78 is 1.75. The number of hydrogen-bond donors (Lipinski definition) is 2. The number of fused-ring (bicyclic) bond motifs is 2. The Bertz CT molecular complexity index is 1500. The zero-order valence-electron chi connectivity index (χ0n) is 19.4. The topological polar surface area (TPSA) is 65.7 Å². The van der Waals surface area contributed by atoms with E-state index in [2.05, 4.69) is 62.8 Å². The van der Waals surface area contributed by atoms with E-state index < -0.39 is 0 Å². The van der Waals surface area contributed by atoms with Crippen LogP contribution in [0, 0.1) is 0 Å². The van der Waals surface area contributed by atoms with Crippen LogP contribution in [0.15, 0.2) is 79.0 Å². The molecule has 0 aliphatic carbocycles. The van der Waals surface area contributed by atoms with Crippen LogP contribution >= 0.6 is 0 Å². The molecule has 3 heterocycles. The first-order chi connectivity index (χ1) is 17.2. The Balaban J connectivity index is 1.20. The summed E-state index contributed by atoms with van der Waals surface area (Å²) in [5.41, 5.74) is 3.81. The second-order valence-electron chi connectivity index (χ2n) is 9.21. The van der Waals surface area contributed by atoms with E-state index >= 15 is 0 Å². The van der Waals surface area contributed by atoms with Gasteiger partial charge in [0.15, 0.2) is 5.65 Å². The third-order valence-corrected chi connectivity index (χ3v) is 6.89. The molecule has 3 aromatic carbocycles. The molecule has 6 nitrogen and oxygen atoms in total. The lowest BCUT2D eigenvalue weighted by atomic mass is 10.0. The molecule has 0 amide bonds. The van der Waals surface area contributed by atoms with Crippen LogP contribution in [0.3, 0.4) is 0 Å². The van der Waals surface area contributed by atoms with Crippen molar-refractivity contribution in [2.45, 2.75) is 25.4 Å². The fraction of sp³-hybridized carbons (Fsp3) is 0.214. The predicted octanol–water partition coefficient (Wildman–Crippen LogP) is 4.13. The lowest BCUT2D eigenvalue weighted by Gasteiger charge is -2.33. The fourth-order valence-electron chi connectivity index (χ4n) is 5.03. The van der Waals surface area contributed by atoms with Crippen LogP contribution in [0.5, 0.6) is 5.75 Å². The minimum Gasteiger partial charge on any atom is -0.507 e. The molecule has 0 bridgehead atoms. The minimum absolute atomic E-state index is 0.190. The normalized spacial score (nSPS) is 15.1. The number of phenols is 1. The lowest BCUT2D eigenvalue weighted by molar-refractivity contribution is 0.212. The molecular formula is C28H26BN5O. The third-order valence-electron chi connectivity index (χ3n) is 6.89. The molecule has 2 radical (unpaired) electrons. The molecule has 1 aliphatic rings. The Morgan fingerprint density at radius 2 is 1.74 bits per heavy atom. The van der Waals surface area contributed by atoms with Crippen LogP contribution in [-0.4, -0.2) is 51.6 Å². The van der Waals surface area contributed by atoms with Crippen LogP contribution in [0.4, 0.5) is 5.82 Å². The molecule has 1 aliphatic heterocycles. The minimum atomic E-state index is 0.190. The highest BCUT2D eigenvalue weighted by Gasteiger charge is 2.21. The van der Waals surface area contributed by atoms with Gasteiger partial charge in [0.25, 0.3) is 0 Å². The summed E-state index contributed by atoms with van der Waals surface area (Å²) in [6.07, 6.45) is 3.67. The maximum Gasteiger partial charge on any atom is 0.150 e. The molecule has 7 heteroatoms. The number of phenolic OH excluding ortho intramolecular Hbond substituents is 1. The number of likely N-dealkylation sites (tertiary alicyclic amines) is 1. The van der Waals surface area contributed by atoms with Gasteiger partial charge in [0.2, 0.25) is 0 Å². The van der Waals surface area contributed by atoms with Crippen molar-refractivity contribution in [2.75, 3.05) is 18.4 Å². The summed E-state index contributed by atoms with van der Waals surface area (Å²) in [5.74, 6) is 1.02. The molecule has 6 rings (SSSR count). The first-order valence-corrected chi connectivity index (χ1v) is 12.0. The van der Waals surface area contributed by atoms with Crippen molar-refractivity contribution in [2.24, 2.45) is 0 Å². The number of nitrogens with zero attached hydrogens (tertiary/aromatic N) is 4. The highest BCUT2D eigenvalue weighted by Crippen LogP contribution is 2.30. The monoisotopic (exact) mass is 459 g/mol. The van der Waals surface area contributed by atoms with Gasteiger partial charge in [0.05, 0.1) is 5.69 Å². The van der Waals surface area contributed by atoms with E-state index in [1.54, 1.807) is 22.8 Å². The summed E-state index contributed by atoms with van der Waals surface area (Å²) in [4.78, 5) is 7.20. The highest BCUT2D eigenvalue weighted by atomic mass is 16.3. The van der Waals surface area contributed by atoms with Gasteiger partial charge in [-0.15, -0.1) is 0 Å². The molecule has 0 atom stereocenters. The zero-order chi connectivity index (χ0) is 23.8. The van der Waals surface area contributed by atoms with Crippen LogP contribution in [-0.2, 0) is 6.54 Å². The SMILES string of the molecule is [B]c1cnn2c(NC3CCN(Cc4cccc5ccccc45)CC3)cc(-c3ccccc3O)nc12. The van der Waals surface area contributed by atoms with E-state index in [-0.39, 0.29) is 5.75 Å². The van der Waals surface area contributed by atoms with Crippen molar-refractivity contribution in [1.29, 1.82) is 0 Å². The quantitative estimate of drug-likeness (QED) is 0.387. The number of aromatic nitrogens is 3. The molecule has 35 heavy (non-hydrogen) atoms. The summed E-state index contributed by atoms with van der Waals surface area (Å²) in [7, 11) is 6.15. The maximum atomic E-state index is 10.4. The van der Waals surface area contributed by atoms with Gasteiger partial charge in [-0.05, 0) is 46.8 Å². The van der Waals surface area contributed by atoms with E-state index in [0.717, 1.165) is 38.3 Å². The Hall–Kier alpha value is -3.84. The Morgan fingerprint density at radius 1 is 0.971 bits per heavy atom. The maximum absolute atomic E-state index is 10.4. The molecule has 0 saturated carbocycles. The summed E-state index contributed by atoms with van der Waals surface area (Å²) >= 11 is 0. The Morgan fingerprint density at radius 3 is 2.60 bits per heavy atom. The number of hydrogen-bond acceptors (Lipinski definition) is 5. The molecule has 0 unspecified atom stereocenters. The first kappa shape index (κ1) is 21.7. The number of rotatable bonds is 5. The number of para-hydroxylation sites is 1. The van der Waals surface area contributed by atoms with E-state index in [1.165, 1.54) is 16.3 Å². The summed E-state index contributed by atoms with van der Waals surface area (Å²) in [6.45, 7) is 2.99. The molecule has 0 spiro atoms. The second-order valence-corrected chi connectivity index (χ2v) is 9.21. The van der Waals surface area contributed by atoms with Crippen molar-refractivity contribution in [3.05, 3.63) is 84.6 Å². The van der Waals surface area contributed by atoms with Gasteiger partial charge in [-0.2, -0.15) is 9.61 Å². The van der Waals surface area contributed by atoms with Gasteiger partial charge >= 0.3 is 0 Å². The summed E-state index contributed by atoms with van der Waals surface area (Å²) in [5, 5.41) is 21.1. The number of anilines is 1. The van der Waals surface area contributed by atoms with E-state index in [4.69, 9.17) is 7.85 Å². The van der Waals surface area contributed by atoms with Crippen molar-refractivity contribution >= 4 is 35.5 Å². The molecule has 1 saturated heterocycles. The standard InChI is InChI=1S/C28H26BN5O/c29-24-17-30-34-27(16-25(32-28(24)34)23-10-3-4-11-26(23)35)31-21-12-14-33(15-13-21)18-20-8-5-7-19-6-1-2-9-22(19)20/h1-11,16-17,21,31,35H,12-15,18H2. The highest BCUT2D eigenvalue weighted by molar-refractivity contribution is 6.36. The van der Waals surface area contributed by atoms with Gasteiger partial charge in [-0.3, -0.25) is 4.90 Å². The van der Waals surface area contributed by atoms with Gasteiger partial charge in [-0.1, -0.05) is 54.6 Å². The third kappa shape index (κ3) is 4.24. The predicted molar refractivity (Wildman–Crippen MR) is 141 cm³/mol. The molecular weight excluding hydrogens is 433 g/mol. The summed E-state index contributed by atoms with van der Waals surface area (Å²) in [6, 6.07) is 24.6. The molecule has 172 valence electrons. The van der Waals surface area contributed by atoms with Crippen LogP contribution < -0.4 is 10.8 Å². The number of benzene rings is 3. The molecule has 2 aromatic heterocycles. The fourth-order valence-corrected chi connectivity index (χ4v) is 5.03. The average molecular weight is 459 g/mol. The van der Waals surface area contributed by atoms with Crippen molar-refractivity contribution in [3.63, 3.8) is 0 Å². The van der Waals surface area contributed by atoms with Crippen molar-refractivity contribution in [3.8, 4) is 17.0 Å². The lowest BCUT2D eigenvalue weighted by Crippen LogP contribution is -2.39. The van der Waals surface area contributed by atoms with Crippen LogP contribution in [0.2, 0.25) is 0 Å². The van der Waals surface area contributed by atoms with Gasteiger partial charge in [-0.25, -0.2) is 4.98 Å². The number of piperidine rings is 1. The zero-order valence-corrected chi connectivity index (χ0v) is 19.4. The second kappa shape index (κ2) is 9.08. The number of aromatic hydroxyl groups is 1. The largest absolute Gasteiger partial charge is 0.507 e. The van der Waals surface area contributed by atoms with E-state index in [1.807, 2.05) is 18.2 Å². The smallest absolute Gasteiger partial charge is 0.150 e. The molecule has 2 N–H and O–H groups in total. The average Bonchev–Trinajstić information content (AvgIpc) is 3.26. The number of nitrogens with one attached hydrogen (secondary N) is 1. The van der Waals surface area contributed by atoms with Crippen molar-refractivity contribution < 1.29 is 5.11 Å². The Labute approximate surface area is 205 Å². The molecule has 5 aromatic rings. The van der Waals surface area contributed by atoms with Crippen molar-refractivity contribution in [1.82, 2.24) is 19.5 Å².